The molecular formula is C107H102BN5. The number of rotatable bonds is 9. The Morgan fingerprint density at radius 3 is 1.05 bits per heavy atom. The molecule has 0 amide bonds. The minimum absolute atomic E-state index is 0.0862. The van der Waals surface area contributed by atoms with E-state index in [1.807, 2.05) is 72.8 Å². The Bertz CT molecular complexity index is 7250. The summed E-state index contributed by atoms with van der Waals surface area (Å²) in [5.41, 5.74) is 17.7. The summed E-state index contributed by atoms with van der Waals surface area (Å²) < 4.78 is 159. The van der Waals surface area contributed by atoms with Crippen molar-refractivity contribution < 1.29 is 21.9 Å². The second-order valence-electron chi connectivity index (χ2n) is 36.9. The van der Waals surface area contributed by atoms with E-state index in [0.717, 1.165) is 117 Å². The van der Waals surface area contributed by atoms with Crippen LogP contribution >= 0.6 is 0 Å². The van der Waals surface area contributed by atoms with Crippen molar-refractivity contribution in [2.24, 2.45) is 0 Å². The van der Waals surface area contributed by atoms with Crippen LogP contribution in [0.15, 0.2) is 291 Å². The van der Waals surface area contributed by atoms with Gasteiger partial charge in [-0.25, -0.2) is 0 Å². The van der Waals surface area contributed by atoms with Crippen LogP contribution in [0, 0.1) is 0 Å². The zero-order valence-electron chi connectivity index (χ0n) is 83.8. The van der Waals surface area contributed by atoms with E-state index in [4.69, 9.17) is 4.98 Å². The van der Waals surface area contributed by atoms with Crippen LogP contribution in [0.5, 0.6) is 0 Å². The summed E-state index contributed by atoms with van der Waals surface area (Å²) in [5.74, 6) is 0. The summed E-state index contributed by atoms with van der Waals surface area (Å²) in [4.78, 5) is 10.4. The van der Waals surface area contributed by atoms with Crippen LogP contribution in [0.1, 0.15) is 180 Å². The van der Waals surface area contributed by atoms with Gasteiger partial charge >= 0.3 is 0 Å². The minimum Gasteiger partial charge on any atom is -0.310 e. The monoisotopic (exact) mass is 1480 g/mol. The zero-order valence-corrected chi connectivity index (χ0v) is 67.8. The number of aromatic nitrogens is 3. The number of benzene rings is 13. The molecule has 5 nitrogen and oxygen atoms in total. The van der Waals surface area contributed by atoms with Gasteiger partial charge in [-0.15, -0.1) is 0 Å². The normalized spacial score (nSPS) is 15.3. The van der Waals surface area contributed by atoms with Crippen molar-refractivity contribution in [3.05, 3.63) is 324 Å². The number of anilines is 6. The fourth-order valence-electron chi connectivity index (χ4n) is 16.9. The summed E-state index contributed by atoms with van der Waals surface area (Å²) in [6.07, 6.45) is 0. The first kappa shape index (κ1) is 56.5. The molecule has 0 unspecified atom stereocenters. The molecule has 0 aliphatic carbocycles. The number of hydrogen-bond acceptors (Lipinski definition) is 3. The lowest BCUT2D eigenvalue weighted by Crippen LogP contribution is -2.61. The fraction of sp³-hybridized carbons (Fsp3) is 0.224. The predicted molar refractivity (Wildman–Crippen MR) is 486 cm³/mol. The standard InChI is InChI=1S/C107H102BN5/c1-102(2,3)72-56-71(57-73(59-72)103(4,5)6)70-50-53-87-93(58-70)112(100-85(69-40-26-21-27-41-69)62-75(105(10,11)12)63-86(100)82-52-55-97(106(13,14)15)109-101(82)107(16,17)18)95-65-77(111-91-48-34-30-44-80(91)81-45-31-35-49-92(81)111)66-96-98(95)108(87)88-54-51-76(110-89-46-32-28-42-78(89)79-43-29-33-47-90(79)110)64-94(88)113(96)99-83(67-36-22-19-23-37-67)60-74(104(7,8)9)61-84(99)68-38-24-20-25-39-68/h19-66H,1-18H3/i28D,29D,30D,31D,32D,33D,34D,35D,42D,43D,44D,45D,46D,47D,48D,49D. The first-order chi connectivity index (χ1) is 60.5. The molecule has 0 saturated carbocycles. The van der Waals surface area contributed by atoms with Crippen molar-refractivity contribution in [2.75, 3.05) is 9.80 Å². The lowest BCUT2D eigenvalue weighted by molar-refractivity contribution is 0.532. The molecule has 2 aliphatic rings. The Labute approximate surface area is 691 Å². The Morgan fingerprint density at radius 2 is 0.646 bits per heavy atom. The van der Waals surface area contributed by atoms with Crippen LogP contribution in [0.2, 0.25) is 0 Å². The molecule has 0 spiro atoms. The molecule has 0 saturated heterocycles. The average molecular weight is 1480 g/mol. The van der Waals surface area contributed by atoms with Crippen LogP contribution in [-0.4, -0.2) is 20.8 Å². The van der Waals surface area contributed by atoms with Gasteiger partial charge in [-0.2, -0.15) is 0 Å². The van der Waals surface area contributed by atoms with Gasteiger partial charge in [-0.1, -0.05) is 331 Å². The molecule has 13 aromatic carbocycles. The molecule has 0 radical (unpaired) electrons. The highest BCUT2D eigenvalue weighted by Gasteiger charge is 2.47. The fourth-order valence-corrected chi connectivity index (χ4v) is 16.9. The van der Waals surface area contributed by atoms with Crippen LogP contribution in [0.25, 0.3) is 111 Å². The van der Waals surface area contributed by atoms with E-state index in [1.165, 1.54) is 0 Å². The maximum Gasteiger partial charge on any atom is 0.252 e. The summed E-state index contributed by atoms with van der Waals surface area (Å²) in [6.45, 7) is 38.9. The highest BCUT2D eigenvalue weighted by Crippen LogP contribution is 2.57. The number of para-hydroxylation sites is 4. The molecule has 3 aromatic heterocycles. The van der Waals surface area contributed by atoms with Gasteiger partial charge in [0.1, 0.15) is 0 Å². The Kier molecular flexibility index (Phi) is 13.2. The van der Waals surface area contributed by atoms with E-state index in [2.05, 4.69) is 256 Å². The van der Waals surface area contributed by atoms with Gasteiger partial charge in [-0.3, -0.25) is 4.98 Å². The van der Waals surface area contributed by atoms with E-state index in [9.17, 15) is 21.9 Å². The smallest absolute Gasteiger partial charge is 0.252 e. The molecule has 0 fully saturated rings. The Morgan fingerprint density at radius 1 is 0.283 bits per heavy atom. The molecule has 558 valence electrons. The van der Waals surface area contributed by atoms with E-state index >= 15 is 0 Å². The number of nitrogens with zero attached hydrogens (tertiary/aromatic N) is 5. The summed E-state index contributed by atoms with van der Waals surface area (Å²) in [5, 5.41) is -0.448. The van der Waals surface area contributed by atoms with Crippen LogP contribution in [-0.2, 0) is 32.5 Å². The first-order valence-corrected chi connectivity index (χ1v) is 39.3. The highest BCUT2D eigenvalue weighted by atomic mass is 15.2. The maximum absolute atomic E-state index is 10.4. The van der Waals surface area contributed by atoms with Crippen molar-refractivity contribution in [1.82, 2.24) is 14.1 Å². The lowest BCUT2D eigenvalue weighted by Gasteiger charge is -2.46. The van der Waals surface area contributed by atoms with Gasteiger partial charge in [0, 0.05) is 94.3 Å². The van der Waals surface area contributed by atoms with Crippen LogP contribution in [0.4, 0.5) is 34.1 Å². The molecule has 0 bridgehead atoms. The van der Waals surface area contributed by atoms with E-state index in [1.54, 1.807) is 9.13 Å². The number of hydrogen-bond donors (Lipinski definition) is 0. The topological polar surface area (TPSA) is 29.2 Å². The largest absolute Gasteiger partial charge is 0.310 e. The SMILES string of the molecule is [2H]c1c([2H])c([2H])c2c(c1[2H])c1c([2H])c([2H])c([2H])c([2H])c1n2-c1ccc2c(c1)N(c1c(-c3ccccc3)cc(C(C)(C)C)cc1-c1ccccc1)c1cc(-n3c4c([2H])c([2H])c([2H])c([2H])c4c4c([2H])c([2H])c([2H])c([2H])c43)cc3c1B2c1ccc(-c2cc(C(C)(C)C)cc(C(C)(C)C)c2)cc1N3c1c(-c2ccccc2)cc(C(C)(C)C)cc1-c1ccc(C(C)(C)C)nc1C(C)(C)C. The third kappa shape index (κ3) is 12.4. The number of fused-ring (bicyclic) bond motifs is 10. The Hall–Kier alpha value is -11.7. The van der Waals surface area contributed by atoms with E-state index in [-0.39, 0.29) is 65.8 Å². The van der Waals surface area contributed by atoms with E-state index < -0.39 is 125 Å². The zero-order chi connectivity index (χ0) is 92.7. The highest BCUT2D eigenvalue weighted by molar-refractivity contribution is 7.00. The maximum atomic E-state index is 10.4. The Balaban J connectivity index is 1.14. The lowest BCUT2D eigenvalue weighted by atomic mass is 9.33. The van der Waals surface area contributed by atoms with Crippen molar-refractivity contribution >= 4 is 101 Å². The molecule has 18 rings (SSSR count). The third-order valence-electron chi connectivity index (χ3n) is 22.9. The molecule has 0 N–H and O–H groups in total. The van der Waals surface area contributed by atoms with Crippen LogP contribution in [0.3, 0.4) is 0 Å². The van der Waals surface area contributed by atoms with Gasteiger partial charge in [0.05, 0.1) is 66.8 Å². The second-order valence-corrected chi connectivity index (χ2v) is 36.9. The van der Waals surface area contributed by atoms with Crippen molar-refractivity contribution in [2.45, 2.75) is 157 Å². The van der Waals surface area contributed by atoms with Gasteiger partial charge < -0.3 is 18.9 Å². The molecule has 5 heterocycles. The molecule has 16 aromatic rings. The quantitative estimate of drug-likeness (QED) is 0.135. The minimum atomic E-state index is -0.833. The molecule has 0 atom stereocenters. The van der Waals surface area contributed by atoms with Crippen molar-refractivity contribution in [3.8, 4) is 67.0 Å². The molecule has 113 heavy (non-hydrogen) atoms. The van der Waals surface area contributed by atoms with Crippen molar-refractivity contribution in [3.63, 3.8) is 0 Å². The molecular weight excluding hydrogens is 1370 g/mol. The van der Waals surface area contributed by atoms with Crippen molar-refractivity contribution in [1.29, 1.82) is 0 Å². The summed E-state index contributed by atoms with van der Waals surface area (Å²) in [6, 6.07) is 59.0. The van der Waals surface area contributed by atoms with Gasteiger partial charge in [-0.05, 0) is 173 Å². The number of pyridine rings is 1. The molecule has 6 heteroatoms. The van der Waals surface area contributed by atoms with Gasteiger partial charge in [0.15, 0.2) is 0 Å². The third-order valence-corrected chi connectivity index (χ3v) is 22.9. The summed E-state index contributed by atoms with van der Waals surface area (Å²) >= 11 is 0. The summed E-state index contributed by atoms with van der Waals surface area (Å²) in [7, 11) is 0. The average Bonchev–Trinajstić information content (AvgIpc) is 1.62. The van der Waals surface area contributed by atoms with E-state index in [0.29, 0.717) is 22.7 Å². The van der Waals surface area contributed by atoms with Crippen LogP contribution < -0.4 is 26.2 Å². The molecule has 2 aliphatic heterocycles. The van der Waals surface area contributed by atoms with Gasteiger partial charge in [0.25, 0.3) is 6.71 Å². The predicted octanol–water partition coefficient (Wildman–Crippen LogP) is 27.5. The first-order valence-electron chi connectivity index (χ1n) is 47.3. The second kappa shape index (κ2) is 26.5. The van der Waals surface area contributed by atoms with Gasteiger partial charge in [0.2, 0.25) is 0 Å².